The summed E-state index contributed by atoms with van der Waals surface area (Å²) in [6.45, 7) is 0.780. The summed E-state index contributed by atoms with van der Waals surface area (Å²) in [7, 11) is 1.82. The van der Waals surface area contributed by atoms with Crippen LogP contribution >= 0.6 is 45.2 Å². The first kappa shape index (κ1) is 11.4. The Morgan fingerprint density at radius 1 is 1.40 bits per heavy atom. The molecule has 0 saturated heterocycles. The summed E-state index contributed by atoms with van der Waals surface area (Å²) in [6.07, 6.45) is 0.900. The second-order valence-corrected chi connectivity index (χ2v) is 5.91. The molecule has 2 rings (SSSR count). The number of nitrogen functional groups attached to an aromatic ring is 1. The first-order valence-corrected chi connectivity index (χ1v) is 6.70. The van der Waals surface area contributed by atoms with Crippen LogP contribution in [0.25, 0.3) is 0 Å². The summed E-state index contributed by atoms with van der Waals surface area (Å²) in [5.74, 6) is 0.0465. The third kappa shape index (κ3) is 1.83. The Kier molecular flexibility index (Phi) is 3.11. The van der Waals surface area contributed by atoms with E-state index in [-0.39, 0.29) is 5.91 Å². The molecular weight excluding hydrogens is 418 g/mol. The molecule has 2 N–H and O–H groups in total. The van der Waals surface area contributed by atoms with Crippen LogP contribution in [0.4, 0.5) is 5.69 Å². The summed E-state index contributed by atoms with van der Waals surface area (Å²) in [6, 6.07) is 2.04. The molecule has 0 aliphatic carbocycles. The fraction of sp³-hybridized carbons (Fsp3) is 0.300. The highest BCUT2D eigenvalue weighted by Crippen LogP contribution is 2.31. The van der Waals surface area contributed by atoms with Gasteiger partial charge >= 0.3 is 0 Å². The zero-order valence-corrected chi connectivity index (χ0v) is 12.5. The predicted molar refractivity (Wildman–Crippen MR) is 77.0 cm³/mol. The van der Waals surface area contributed by atoms with E-state index in [2.05, 4.69) is 45.2 Å². The van der Waals surface area contributed by atoms with Gasteiger partial charge in [-0.2, -0.15) is 0 Å². The van der Waals surface area contributed by atoms with Crippen molar-refractivity contribution >= 4 is 56.8 Å². The molecule has 0 aromatic heterocycles. The molecule has 0 bridgehead atoms. The van der Waals surface area contributed by atoms with Crippen molar-refractivity contribution in [2.45, 2.75) is 6.42 Å². The standard InChI is InChI=1S/C10H10I2N2O/c1-14-3-2-5-6(11)4-7(12)9(13)8(5)10(14)15/h4H,2-3,13H2,1H3. The molecule has 1 heterocycles. The van der Waals surface area contributed by atoms with Gasteiger partial charge in [-0.15, -0.1) is 0 Å². The van der Waals surface area contributed by atoms with E-state index in [0.717, 1.165) is 25.7 Å². The number of benzene rings is 1. The summed E-state index contributed by atoms with van der Waals surface area (Å²) < 4.78 is 2.10. The van der Waals surface area contributed by atoms with E-state index in [4.69, 9.17) is 5.73 Å². The van der Waals surface area contributed by atoms with Crippen molar-refractivity contribution < 1.29 is 4.79 Å². The maximum atomic E-state index is 12.0. The number of fused-ring (bicyclic) bond motifs is 1. The lowest BCUT2D eigenvalue weighted by atomic mass is 9.98. The Bertz CT molecular complexity index is 446. The van der Waals surface area contributed by atoms with Gasteiger partial charge in [0.05, 0.1) is 11.3 Å². The van der Waals surface area contributed by atoms with Gasteiger partial charge in [-0.05, 0) is 63.2 Å². The molecule has 5 heteroatoms. The van der Waals surface area contributed by atoms with Gasteiger partial charge in [0, 0.05) is 20.7 Å². The molecule has 1 aromatic rings. The molecule has 0 atom stereocenters. The van der Waals surface area contributed by atoms with Gasteiger partial charge in [-0.3, -0.25) is 4.79 Å². The molecule has 1 aliphatic heterocycles. The summed E-state index contributed by atoms with van der Waals surface area (Å²) in [5, 5.41) is 0. The van der Waals surface area contributed by atoms with Gasteiger partial charge in [0.15, 0.2) is 0 Å². The predicted octanol–water partition coefficient (Wildman–Crippen LogP) is 2.11. The van der Waals surface area contributed by atoms with Crippen LogP contribution in [0.3, 0.4) is 0 Å². The van der Waals surface area contributed by atoms with Crippen molar-refractivity contribution in [2.24, 2.45) is 0 Å². The molecule has 3 nitrogen and oxygen atoms in total. The lowest BCUT2D eigenvalue weighted by molar-refractivity contribution is 0.0781. The van der Waals surface area contributed by atoms with E-state index >= 15 is 0 Å². The second kappa shape index (κ2) is 4.08. The van der Waals surface area contributed by atoms with Crippen LogP contribution in [0.2, 0.25) is 0 Å². The lowest BCUT2D eigenvalue weighted by Crippen LogP contribution is -2.35. The number of carbonyl (C=O) groups is 1. The molecule has 0 unspecified atom stereocenters. The number of carbonyl (C=O) groups excluding carboxylic acids is 1. The Morgan fingerprint density at radius 2 is 2.07 bits per heavy atom. The number of anilines is 1. The Labute approximate surface area is 116 Å². The fourth-order valence-corrected chi connectivity index (χ4v) is 3.77. The molecule has 1 aliphatic rings. The number of amides is 1. The Balaban J connectivity index is 2.70. The number of nitrogens with two attached hydrogens (primary N) is 1. The number of hydrogen-bond acceptors (Lipinski definition) is 2. The maximum Gasteiger partial charge on any atom is 0.256 e. The highest BCUT2D eigenvalue weighted by molar-refractivity contribution is 14.1. The maximum absolute atomic E-state index is 12.0. The van der Waals surface area contributed by atoms with E-state index in [1.807, 2.05) is 13.1 Å². The van der Waals surface area contributed by atoms with E-state index in [9.17, 15) is 4.79 Å². The Morgan fingerprint density at radius 3 is 2.73 bits per heavy atom. The molecule has 0 radical (unpaired) electrons. The van der Waals surface area contributed by atoms with Crippen LogP contribution in [0, 0.1) is 7.14 Å². The zero-order valence-electron chi connectivity index (χ0n) is 8.18. The summed E-state index contributed by atoms with van der Waals surface area (Å²) >= 11 is 4.44. The minimum atomic E-state index is 0.0465. The molecule has 0 spiro atoms. The Hall–Kier alpha value is -0.0500. The molecule has 15 heavy (non-hydrogen) atoms. The highest BCUT2D eigenvalue weighted by Gasteiger charge is 2.26. The SMILES string of the molecule is CN1CCc2c(I)cc(I)c(N)c2C1=O. The van der Waals surface area contributed by atoms with Crippen molar-refractivity contribution in [1.29, 1.82) is 0 Å². The number of hydrogen-bond donors (Lipinski definition) is 1. The van der Waals surface area contributed by atoms with E-state index in [1.165, 1.54) is 0 Å². The van der Waals surface area contributed by atoms with Crippen molar-refractivity contribution in [1.82, 2.24) is 4.90 Å². The van der Waals surface area contributed by atoms with Gasteiger partial charge in [-0.25, -0.2) is 0 Å². The number of rotatable bonds is 0. The average molecular weight is 428 g/mol. The molecule has 1 amide bonds. The van der Waals surface area contributed by atoms with E-state index < -0.39 is 0 Å². The zero-order chi connectivity index (χ0) is 11.2. The van der Waals surface area contributed by atoms with Gasteiger partial charge in [0.1, 0.15) is 0 Å². The quantitative estimate of drug-likeness (QED) is 0.509. The average Bonchev–Trinajstić information content (AvgIpc) is 2.19. The molecule has 0 fully saturated rings. The van der Waals surface area contributed by atoms with E-state index in [1.54, 1.807) is 4.90 Å². The van der Waals surface area contributed by atoms with Crippen LogP contribution < -0.4 is 5.73 Å². The van der Waals surface area contributed by atoms with Gasteiger partial charge in [-0.1, -0.05) is 0 Å². The minimum Gasteiger partial charge on any atom is -0.397 e. The van der Waals surface area contributed by atoms with Crippen molar-refractivity contribution in [3.8, 4) is 0 Å². The van der Waals surface area contributed by atoms with Crippen molar-refractivity contribution in [2.75, 3.05) is 19.3 Å². The smallest absolute Gasteiger partial charge is 0.256 e. The monoisotopic (exact) mass is 428 g/mol. The second-order valence-electron chi connectivity index (χ2n) is 3.58. The lowest BCUT2D eigenvalue weighted by Gasteiger charge is -2.27. The molecule has 1 aromatic carbocycles. The van der Waals surface area contributed by atoms with Gasteiger partial charge < -0.3 is 10.6 Å². The van der Waals surface area contributed by atoms with Crippen molar-refractivity contribution in [3.63, 3.8) is 0 Å². The topological polar surface area (TPSA) is 46.3 Å². The third-order valence-electron chi connectivity index (χ3n) is 2.63. The number of likely N-dealkylation sites (N-methyl/N-ethyl adjacent to an activating group) is 1. The van der Waals surface area contributed by atoms with Crippen LogP contribution in [0.15, 0.2) is 6.07 Å². The third-order valence-corrected chi connectivity index (χ3v) is 4.48. The molecule has 0 saturated carbocycles. The fourth-order valence-electron chi connectivity index (χ4n) is 1.74. The van der Waals surface area contributed by atoms with Crippen LogP contribution in [-0.4, -0.2) is 24.4 Å². The van der Waals surface area contributed by atoms with Gasteiger partial charge in [0.25, 0.3) is 5.91 Å². The number of nitrogens with zero attached hydrogens (tertiary/aromatic N) is 1. The first-order chi connectivity index (χ1) is 7.02. The van der Waals surface area contributed by atoms with Crippen LogP contribution in [0.1, 0.15) is 15.9 Å². The van der Waals surface area contributed by atoms with Crippen LogP contribution in [-0.2, 0) is 6.42 Å². The molecule has 80 valence electrons. The highest BCUT2D eigenvalue weighted by atomic mass is 127. The molecular formula is C10H10I2N2O. The summed E-state index contributed by atoms with van der Waals surface area (Å²) in [5.41, 5.74) is 8.41. The van der Waals surface area contributed by atoms with Crippen LogP contribution in [0.5, 0.6) is 0 Å². The normalized spacial score (nSPS) is 15.4. The van der Waals surface area contributed by atoms with Crippen molar-refractivity contribution in [3.05, 3.63) is 24.3 Å². The number of halogens is 2. The van der Waals surface area contributed by atoms with E-state index in [0.29, 0.717) is 11.3 Å². The van der Waals surface area contributed by atoms with Gasteiger partial charge in [0.2, 0.25) is 0 Å². The first-order valence-electron chi connectivity index (χ1n) is 4.54. The minimum absolute atomic E-state index is 0.0465. The summed E-state index contributed by atoms with van der Waals surface area (Å²) in [4.78, 5) is 13.7. The largest absolute Gasteiger partial charge is 0.397 e.